The largest absolute Gasteiger partial charge is 0.374 e. The Balaban J connectivity index is 2.03. The summed E-state index contributed by atoms with van der Waals surface area (Å²) in [5.41, 5.74) is 1.66. The van der Waals surface area contributed by atoms with Gasteiger partial charge in [-0.3, -0.25) is 14.9 Å². The molecule has 120 valence electrons. The Hall–Kier alpha value is -2.96. The molecule has 7 heteroatoms. The summed E-state index contributed by atoms with van der Waals surface area (Å²) in [6, 6.07) is 9.08. The van der Waals surface area contributed by atoms with Gasteiger partial charge in [-0.2, -0.15) is 0 Å². The lowest BCUT2D eigenvalue weighted by Crippen LogP contribution is -2.22. The zero-order chi connectivity index (χ0) is 17.0. The zero-order valence-corrected chi connectivity index (χ0v) is 12.7. The fraction of sp³-hybridized carbons (Fsp3) is 0.188. The number of benzene rings is 2. The molecule has 0 fully saturated rings. The molecule has 0 heterocycles. The average molecular weight is 317 g/mol. The molecule has 0 aromatic heterocycles. The molecule has 23 heavy (non-hydrogen) atoms. The van der Waals surface area contributed by atoms with Crippen LogP contribution in [0.3, 0.4) is 0 Å². The number of anilines is 2. The molecule has 0 radical (unpaired) electrons. The molecule has 0 saturated carbocycles. The second-order valence-electron chi connectivity index (χ2n) is 5.09. The van der Waals surface area contributed by atoms with Crippen LogP contribution in [0.4, 0.5) is 21.5 Å². The van der Waals surface area contributed by atoms with Crippen LogP contribution in [0.1, 0.15) is 11.1 Å². The Morgan fingerprint density at radius 2 is 1.96 bits per heavy atom. The van der Waals surface area contributed by atoms with Gasteiger partial charge in [0.1, 0.15) is 5.82 Å². The third-order valence-electron chi connectivity index (χ3n) is 3.34. The number of amides is 1. The maximum absolute atomic E-state index is 13.7. The van der Waals surface area contributed by atoms with Gasteiger partial charge in [0.15, 0.2) is 0 Å². The van der Waals surface area contributed by atoms with Crippen molar-refractivity contribution in [1.29, 1.82) is 0 Å². The highest BCUT2D eigenvalue weighted by atomic mass is 19.1. The van der Waals surface area contributed by atoms with Gasteiger partial charge in [-0.1, -0.05) is 12.1 Å². The van der Waals surface area contributed by atoms with E-state index in [1.807, 2.05) is 0 Å². The first-order chi connectivity index (χ1) is 10.9. The number of halogens is 1. The van der Waals surface area contributed by atoms with Crippen LogP contribution < -0.4 is 10.6 Å². The van der Waals surface area contributed by atoms with E-state index in [-0.39, 0.29) is 17.9 Å². The van der Waals surface area contributed by atoms with E-state index in [1.54, 1.807) is 32.0 Å². The van der Waals surface area contributed by atoms with Gasteiger partial charge in [0.25, 0.3) is 5.69 Å². The summed E-state index contributed by atoms with van der Waals surface area (Å²) in [4.78, 5) is 22.3. The lowest BCUT2D eigenvalue weighted by molar-refractivity contribution is -0.385. The Morgan fingerprint density at radius 3 is 2.61 bits per heavy atom. The van der Waals surface area contributed by atoms with Gasteiger partial charge in [0, 0.05) is 6.07 Å². The number of hydrogen-bond acceptors (Lipinski definition) is 4. The third kappa shape index (κ3) is 4.03. The molecular formula is C16H16FN3O3. The second kappa shape index (κ2) is 6.87. The van der Waals surface area contributed by atoms with E-state index in [2.05, 4.69) is 10.6 Å². The molecule has 0 aliphatic rings. The summed E-state index contributed by atoms with van der Waals surface area (Å²) in [6.07, 6.45) is 0. The van der Waals surface area contributed by atoms with Gasteiger partial charge in [-0.05, 0) is 37.6 Å². The number of hydrogen-bond donors (Lipinski definition) is 2. The minimum atomic E-state index is -0.509. The van der Waals surface area contributed by atoms with Crippen LogP contribution in [0.2, 0.25) is 0 Å². The molecule has 6 nitrogen and oxygen atoms in total. The predicted octanol–water partition coefficient (Wildman–Crippen LogP) is 3.40. The van der Waals surface area contributed by atoms with Crippen molar-refractivity contribution in [2.24, 2.45) is 0 Å². The van der Waals surface area contributed by atoms with Gasteiger partial charge in [-0.25, -0.2) is 4.39 Å². The van der Waals surface area contributed by atoms with Crippen LogP contribution in [-0.2, 0) is 4.79 Å². The van der Waals surface area contributed by atoms with Gasteiger partial charge < -0.3 is 10.6 Å². The van der Waals surface area contributed by atoms with Crippen molar-refractivity contribution < 1.29 is 14.1 Å². The molecule has 0 saturated heterocycles. The molecule has 0 spiro atoms. The first-order valence-corrected chi connectivity index (χ1v) is 6.92. The van der Waals surface area contributed by atoms with E-state index in [9.17, 15) is 19.3 Å². The van der Waals surface area contributed by atoms with Gasteiger partial charge in [0.05, 0.1) is 28.4 Å². The number of nitro groups is 1. The molecule has 0 aliphatic carbocycles. The quantitative estimate of drug-likeness (QED) is 0.654. The Labute approximate surface area is 132 Å². The molecule has 0 aliphatic heterocycles. The molecule has 0 bridgehead atoms. The number of aryl methyl sites for hydroxylation is 1. The lowest BCUT2D eigenvalue weighted by atomic mass is 10.1. The van der Waals surface area contributed by atoms with Crippen molar-refractivity contribution in [2.45, 2.75) is 13.8 Å². The number of carbonyl (C=O) groups is 1. The van der Waals surface area contributed by atoms with Crippen LogP contribution in [-0.4, -0.2) is 17.4 Å². The van der Waals surface area contributed by atoms with Crippen LogP contribution in [0, 0.1) is 29.8 Å². The Morgan fingerprint density at radius 1 is 1.22 bits per heavy atom. The molecular weight excluding hydrogens is 301 g/mol. The van der Waals surface area contributed by atoms with Crippen LogP contribution >= 0.6 is 0 Å². The first kappa shape index (κ1) is 16.4. The van der Waals surface area contributed by atoms with Gasteiger partial charge in [0.2, 0.25) is 5.91 Å². The smallest absolute Gasteiger partial charge is 0.274 e. The Bertz CT molecular complexity index is 762. The first-order valence-electron chi connectivity index (χ1n) is 6.92. The summed E-state index contributed by atoms with van der Waals surface area (Å²) in [5, 5.41) is 16.1. The molecule has 0 atom stereocenters. The van der Waals surface area contributed by atoms with Crippen LogP contribution in [0.15, 0.2) is 36.4 Å². The van der Waals surface area contributed by atoms with Crippen LogP contribution in [0.25, 0.3) is 0 Å². The summed E-state index contributed by atoms with van der Waals surface area (Å²) in [5.74, 6) is -0.863. The second-order valence-corrected chi connectivity index (χ2v) is 5.09. The van der Waals surface area contributed by atoms with Crippen LogP contribution in [0.5, 0.6) is 0 Å². The highest BCUT2D eigenvalue weighted by Gasteiger charge is 2.14. The number of rotatable bonds is 5. The van der Waals surface area contributed by atoms with E-state index < -0.39 is 16.6 Å². The maximum Gasteiger partial charge on any atom is 0.274 e. The normalized spacial score (nSPS) is 10.2. The summed E-state index contributed by atoms with van der Waals surface area (Å²) in [6.45, 7) is 3.17. The summed E-state index contributed by atoms with van der Waals surface area (Å²) in [7, 11) is 0. The lowest BCUT2D eigenvalue weighted by Gasteiger charge is -2.10. The molecule has 0 unspecified atom stereocenters. The third-order valence-corrected chi connectivity index (χ3v) is 3.34. The topological polar surface area (TPSA) is 84.3 Å². The van der Waals surface area contributed by atoms with E-state index in [0.29, 0.717) is 11.3 Å². The minimum absolute atomic E-state index is 0.0691. The van der Waals surface area contributed by atoms with E-state index in [4.69, 9.17) is 0 Å². The zero-order valence-electron chi connectivity index (χ0n) is 12.7. The molecule has 2 N–H and O–H groups in total. The number of carbonyl (C=O) groups excluding carboxylic acids is 1. The number of nitrogens with one attached hydrogen (secondary N) is 2. The highest BCUT2D eigenvalue weighted by molar-refractivity contribution is 5.94. The van der Waals surface area contributed by atoms with Gasteiger partial charge in [-0.15, -0.1) is 0 Å². The predicted molar refractivity (Wildman–Crippen MR) is 86.1 cm³/mol. The maximum atomic E-state index is 13.7. The fourth-order valence-corrected chi connectivity index (χ4v) is 2.09. The fourth-order valence-electron chi connectivity index (χ4n) is 2.09. The van der Waals surface area contributed by atoms with Crippen molar-refractivity contribution in [2.75, 3.05) is 17.2 Å². The van der Waals surface area contributed by atoms with E-state index in [1.165, 1.54) is 18.2 Å². The summed E-state index contributed by atoms with van der Waals surface area (Å²) < 4.78 is 13.7. The summed E-state index contributed by atoms with van der Waals surface area (Å²) >= 11 is 0. The standard InChI is InChI=1S/C16H16FN3O3/c1-10-6-7-14(12(17)8-10)18-9-16(21)19-13-4-3-5-15(11(13)2)20(22)23/h3-8,18H,9H2,1-2H3,(H,19,21). The SMILES string of the molecule is Cc1ccc(NCC(=O)Nc2cccc([N+](=O)[O-])c2C)c(F)c1. The molecule has 2 aromatic rings. The van der Waals surface area contributed by atoms with Crippen molar-refractivity contribution in [3.8, 4) is 0 Å². The van der Waals surface area contributed by atoms with Crippen molar-refractivity contribution in [3.63, 3.8) is 0 Å². The minimum Gasteiger partial charge on any atom is -0.374 e. The van der Waals surface area contributed by atoms with E-state index >= 15 is 0 Å². The van der Waals surface area contributed by atoms with Crippen molar-refractivity contribution in [3.05, 3.63) is 63.5 Å². The monoisotopic (exact) mass is 317 g/mol. The van der Waals surface area contributed by atoms with E-state index in [0.717, 1.165) is 5.56 Å². The van der Waals surface area contributed by atoms with Gasteiger partial charge >= 0.3 is 0 Å². The molecule has 2 aromatic carbocycles. The number of nitro benzene ring substituents is 1. The van der Waals surface area contributed by atoms with Crippen molar-refractivity contribution >= 4 is 23.0 Å². The molecule has 2 rings (SSSR count). The van der Waals surface area contributed by atoms with Crippen molar-refractivity contribution in [1.82, 2.24) is 0 Å². The molecule has 1 amide bonds. The number of nitrogens with zero attached hydrogens (tertiary/aromatic N) is 1. The highest BCUT2D eigenvalue weighted by Crippen LogP contribution is 2.25. The average Bonchev–Trinajstić information content (AvgIpc) is 2.48. The Kier molecular flexibility index (Phi) is 4.90.